The highest BCUT2D eigenvalue weighted by atomic mass is 79.9. The van der Waals surface area contributed by atoms with Crippen molar-refractivity contribution in [1.29, 1.82) is 5.26 Å². The summed E-state index contributed by atoms with van der Waals surface area (Å²) in [4.78, 5) is 0. The highest BCUT2D eigenvalue weighted by Crippen LogP contribution is 2.20. The summed E-state index contributed by atoms with van der Waals surface area (Å²) in [5.41, 5.74) is 2.92. The fraction of sp³-hybridized carbons (Fsp3) is 0.188. The second kappa shape index (κ2) is 6.96. The molecule has 2 aromatic carbocycles. The molecule has 19 heavy (non-hydrogen) atoms. The van der Waals surface area contributed by atoms with Crippen molar-refractivity contribution in [3.8, 4) is 6.07 Å². The minimum absolute atomic E-state index is 0.675. The van der Waals surface area contributed by atoms with Crippen LogP contribution in [0.1, 0.15) is 17.5 Å². The fourth-order valence-corrected chi connectivity index (χ4v) is 2.28. The minimum atomic E-state index is 0.675. The van der Waals surface area contributed by atoms with Crippen molar-refractivity contribution < 1.29 is 0 Å². The maximum absolute atomic E-state index is 9.07. The summed E-state index contributed by atoms with van der Waals surface area (Å²) in [5, 5.41) is 12.4. The molecule has 0 atom stereocenters. The Hall–Kier alpha value is -1.79. The van der Waals surface area contributed by atoms with Crippen molar-refractivity contribution >= 4 is 21.6 Å². The third kappa shape index (κ3) is 4.11. The van der Waals surface area contributed by atoms with E-state index in [1.807, 2.05) is 24.3 Å². The molecule has 2 rings (SSSR count). The molecule has 0 bridgehead atoms. The predicted molar refractivity (Wildman–Crippen MR) is 82.1 cm³/mol. The minimum Gasteiger partial charge on any atom is -0.384 e. The number of rotatable bonds is 5. The van der Waals surface area contributed by atoms with Gasteiger partial charge in [0.1, 0.15) is 6.07 Å². The van der Waals surface area contributed by atoms with E-state index in [4.69, 9.17) is 5.26 Å². The zero-order chi connectivity index (χ0) is 13.5. The SMILES string of the molecule is N#Cc1cc(Br)ccc1NCCCc1ccccc1. The van der Waals surface area contributed by atoms with Gasteiger partial charge in [0.15, 0.2) is 0 Å². The average Bonchev–Trinajstić information content (AvgIpc) is 2.46. The number of hydrogen-bond donors (Lipinski definition) is 1. The first-order chi connectivity index (χ1) is 9.29. The van der Waals surface area contributed by atoms with E-state index in [1.165, 1.54) is 5.56 Å². The fourth-order valence-electron chi connectivity index (χ4n) is 1.92. The summed E-state index contributed by atoms with van der Waals surface area (Å²) in [6.07, 6.45) is 2.09. The molecule has 0 aliphatic rings. The molecule has 3 heteroatoms. The van der Waals surface area contributed by atoms with Crippen LogP contribution in [0.3, 0.4) is 0 Å². The average molecular weight is 315 g/mol. The number of anilines is 1. The van der Waals surface area contributed by atoms with Crippen LogP contribution in [0.25, 0.3) is 0 Å². The van der Waals surface area contributed by atoms with Crippen LogP contribution in [-0.4, -0.2) is 6.54 Å². The van der Waals surface area contributed by atoms with Crippen LogP contribution >= 0.6 is 15.9 Å². The Kier molecular flexibility index (Phi) is 5.00. The first-order valence-corrected chi connectivity index (χ1v) is 7.06. The molecule has 0 aliphatic heterocycles. The van der Waals surface area contributed by atoms with Crippen LogP contribution in [0.2, 0.25) is 0 Å². The molecule has 0 saturated heterocycles. The Bertz CT molecular complexity index is 573. The van der Waals surface area contributed by atoms with Crippen molar-refractivity contribution in [1.82, 2.24) is 0 Å². The van der Waals surface area contributed by atoms with Crippen LogP contribution < -0.4 is 5.32 Å². The van der Waals surface area contributed by atoms with Crippen LogP contribution in [0.4, 0.5) is 5.69 Å². The van der Waals surface area contributed by atoms with Crippen molar-refractivity contribution in [2.45, 2.75) is 12.8 Å². The highest BCUT2D eigenvalue weighted by Gasteiger charge is 2.01. The Balaban J connectivity index is 1.85. The lowest BCUT2D eigenvalue weighted by Crippen LogP contribution is -2.04. The van der Waals surface area contributed by atoms with E-state index >= 15 is 0 Å². The van der Waals surface area contributed by atoms with Crippen LogP contribution in [0.5, 0.6) is 0 Å². The summed E-state index contributed by atoms with van der Waals surface area (Å²) in [6.45, 7) is 0.866. The molecule has 0 heterocycles. The van der Waals surface area contributed by atoms with E-state index in [1.54, 1.807) is 0 Å². The summed E-state index contributed by atoms with van der Waals surface area (Å²) in [5.74, 6) is 0. The summed E-state index contributed by atoms with van der Waals surface area (Å²) >= 11 is 3.37. The lowest BCUT2D eigenvalue weighted by Gasteiger charge is -2.08. The molecule has 0 aromatic heterocycles. The van der Waals surface area contributed by atoms with E-state index in [0.717, 1.165) is 29.5 Å². The van der Waals surface area contributed by atoms with E-state index in [9.17, 15) is 0 Å². The molecular weight excluding hydrogens is 300 g/mol. The van der Waals surface area contributed by atoms with Crippen LogP contribution in [0, 0.1) is 11.3 Å². The molecule has 0 unspecified atom stereocenters. The van der Waals surface area contributed by atoms with Crippen LogP contribution in [0.15, 0.2) is 53.0 Å². The van der Waals surface area contributed by atoms with Gasteiger partial charge in [0.25, 0.3) is 0 Å². The molecule has 2 nitrogen and oxygen atoms in total. The largest absolute Gasteiger partial charge is 0.384 e. The van der Waals surface area contributed by atoms with E-state index in [-0.39, 0.29) is 0 Å². The maximum atomic E-state index is 9.07. The monoisotopic (exact) mass is 314 g/mol. The molecule has 0 saturated carbocycles. The van der Waals surface area contributed by atoms with Crippen molar-refractivity contribution in [2.75, 3.05) is 11.9 Å². The normalized spacial score (nSPS) is 9.89. The Labute approximate surface area is 122 Å². The number of nitriles is 1. The predicted octanol–water partition coefficient (Wildman–Crippen LogP) is 4.37. The molecule has 2 aromatic rings. The second-order valence-corrected chi connectivity index (χ2v) is 5.23. The maximum Gasteiger partial charge on any atom is 0.101 e. The molecule has 0 radical (unpaired) electrons. The van der Waals surface area contributed by atoms with Gasteiger partial charge in [0, 0.05) is 11.0 Å². The van der Waals surface area contributed by atoms with Gasteiger partial charge in [-0.25, -0.2) is 0 Å². The zero-order valence-electron chi connectivity index (χ0n) is 10.6. The molecule has 0 fully saturated rings. The lowest BCUT2D eigenvalue weighted by atomic mass is 10.1. The quantitative estimate of drug-likeness (QED) is 0.832. The first kappa shape index (κ1) is 13.6. The molecule has 0 spiro atoms. The Morgan fingerprint density at radius 3 is 2.63 bits per heavy atom. The number of halogens is 1. The van der Waals surface area contributed by atoms with Gasteiger partial charge >= 0.3 is 0 Å². The molecule has 1 N–H and O–H groups in total. The van der Waals surface area contributed by atoms with Gasteiger partial charge in [-0.1, -0.05) is 46.3 Å². The van der Waals surface area contributed by atoms with Gasteiger partial charge in [-0.2, -0.15) is 5.26 Å². The number of aryl methyl sites for hydroxylation is 1. The molecular formula is C16H15BrN2. The standard InChI is InChI=1S/C16H15BrN2/c17-15-8-9-16(14(11-15)12-18)19-10-4-7-13-5-2-1-3-6-13/h1-3,5-6,8-9,11,19H,4,7,10H2. The van der Waals surface area contributed by atoms with Gasteiger partial charge in [-0.05, 0) is 36.6 Å². The van der Waals surface area contributed by atoms with Crippen LogP contribution in [-0.2, 0) is 6.42 Å². The number of nitrogens with zero attached hydrogens (tertiary/aromatic N) is 1. The topological polar surface area (TPSA) is 35.8 Å². The molecule has 0 aliphatic carbocycles. The van der Waals surface area contributed by atoms with Gasteiger partial charge in [-0.3, -0.25) is 0 Å². The Morgan fingerprint density at radius 2 is 1.89 bits per heavy atom. The third-order valence-corrected chi connectivity index (χ3v) is 3.40. The van der Waals surface area contributed by atoms with Gasteiger partial charge < -0.3 is 5.32 Å². The van der Waals surface area contributed by atoms with E-state index < -0.39 is 0 Å². The first-order valence-electron chi connectivity index (χ1n) is 6.27. The van der Waals surface area contributed by atoms with Crippen molar-refractivity contribution in [2.24, 2.45) is 0 Å². The number of nitrogens with one attached hydrogen (secondary N) is 1. The molecule has 96 valence electrons. The highest BCUT2D eigenvalue weighted by molar-refractivity contribution is 9.10. The third-order valence-electron chi connectivity index (χ3n) is 2.90. The van der Waals surface area contributed by atoms with Gasteiger partial charge in [-0.15, -0.1) is 0 Å². The van der Waals surface area contributed by atoms with Gasteiger partial charge in [0.05, 0.1) is 11.3 Å². The van der Waals surface area contributed by atoms with Crippen molar-refractivity contribution in [3.05, 3.63) is 64.1 Å². The van der Waals surface area contributed by atoms with Gasteiger partial charge in [0.2, 0.25) is 0 Å². The summed E-state index contributed by atoms with van der Waals surface area (Å²) < 4.78 is 0.930. The van der Waals surface area contributed by atoms with Crippen molar-refractivity contribution in [3.63, 3.8) is 0 Å². The summed E-state index contributed by atoms with van der Waals surface area (Å²) in [6, 6.07) is 18.3. The molecule has 0 amide bonds. The summed E-state index contributed by atoms with van der Waals surface area (Å²) in [7, 11) is 0. The van der Waals surface area contributed by atoms with E-state index in [0.29, 0.717) is 5.56 Å². The van der Waals surface area contributed by atoms with E-state index in [2.05, 4.69) is 51.6 Å². The number of hydrogen-bond acceptors (Lipinski definition) is 2. The smallest absolute Gasteiger partial charge is 0.101 e. The Morgan fingerprint density at radius 1 is 1.11 bits per heavy atom. The zero-order valence-corrected chi connectivity index (χ0v) is 12.2. The lowest BCUT2D eigenvalue weighted by molar-refractivity contribution is 0.863. The number of benzene rings is 2. The second-order valence-electron chi connectivity index (χ2n) is 4.32.